The van der Waals surface area contributed by atoms with E-state index >= 15 is 0 Å². The maximum absolute atomic E-state index is 6.18. The molecule has 1 fully saturated rings. The van der Waals surface area contributed by atoms with Crippen molar-refractivity contribution in [2.45, 2.75) is 51.0 Å². The van der Waals surface area contributed by atoms with E-state index in [9.17, 15) is 0 Å². The van der Waals surface area contributed by atoms with E-state index < -0.39 is 0 Å². The zero-order valence-electron chi connectivity index (χ0n) is 13.1. The summed E-state index contributed by atoms with van der Waals surface area (Å²) in [6.07, 6.45) is 6.83. The first-order valence-electron chi connectivity index (χ1n) is 8.05. The predicted octanol–water partition coefficient (Wildman–Crippen LogP) is 2.43. The lowest BCUT2D eigenvalue weighted by Crippen LogP contribution is -2.43. The normalized spacial score (nSPS) is 21.9. The highest BCUT2D eigenvalue weighted by molar-refractivity contribution is 5.13. The van der Waals surface area contributed by atoms with Crippen LogP contribution in [0.15, 0.2) is 36.7 Å². The van der Waals surface area contributed by atoms with Gasteiger partial charge in [0.1, 0.15) is 12.2 Å². The summed E-state index contributed by atoms with van der Waals surface area (Å²) in [5.41, 5.74) is 1.24. The average molecular weight is 300 g/mol. The van der Waals surface area contributed by atoms with Gasteiger partial charge in [0.2, 0.25) is 0 Å². The van der Waals surface area contributed by atoms with E-state index in [4.69, 9.17) is 4.74 Å². The molecule has 118 valence electrons. The van der Waals surface area contributed by atoms with E-state index in [1.807, 2.05) is 17.7 Å². The largest absolute Gasteiger partial charge is 0.372 e. The Balaban J connectivity index is 1.53. The Labute approximate surface area is 131 Å². The fraction of sp³-hybridized carbons (Fsp3) is 0.529. The summed E-state index contributed by atoms with van der Waals surface area (Å²) in [4.78, 5) is 0. The molecule has 2 atom stereocenters. The van der Waals surface area contributed by atoms with Gasteiger partial charge in [0, 0.05) is 13.1 Å². The molecule has 0 amide bonds. The van der Waals surface area contributed by atoms with Crippen molar-refractivity contribution in [3.63, 3.8) is 0 Å². The molecule has 1 N–H and O–H groups in total. The molecule has 0 spiro atoms. The van der Waals surface area contributed by atoms with Gasteiger partial charge in [0.05, 0.1) is 19.3 Å². The van der Waals surface area contributed by atoms with Crippen LogP contribution in [0.2, 0.25) is 0 Å². The molecule has 0 aliphatic heterocycles. The highest BCUT2D eigenvalue weighted by atomic mass is 16.5. The predicted molar refractivity (Wildman–Crippen MR) is 85.1 cm³/mol. The van der Waals surface area contributed by atoms with Gasteiger partial charge in [-0.25, -0.2) is 0 Å². The smallest absolute Gasteiger partial charge is 0.146 e. The summed E-state index contributed by atoms with van der Waals surface area (Å²) in [6.45, 7) is 1.43. The van der Waals surface area contributed by atoms with E-state index in [1.54, 1.807) is 6.33 Å². The van der Waals surface area contributed by atoms with Gasteiger partial charge in [-0.05, 0) is 18.4 Å². The van der Waals surface area contributed by atoms with Gasteiger partial charge in [-0.2, -0.15) is 0 Å². The van der Waals surface area contributed by atoms with Gasteiger partial charge in [-0.15, -0.1) is 10.2 Å². The third-order valence-corrected chi connectivity index (χ3v) is 4.34. The Morgan fingerprint density at radius 2 is 2.05 bits per heavy atom. The summed E-state index contributed by atoms with van der Waals surface area (Å²) < 4.78 is 8.13. The van der Waals surface area contributed by atoms with Crippen LogP contribution in [0.25, 0.3) is 0 Å². The number of nitrogens with zero attached hydrogens (tertiary/aromatic N) is 3. The zero-order valence-corrected chi connectivity index (χ0v) is 13.1. The second-order valence-electron chi connectivity index (χ2n) is 5.96. The van der Waals surface area contributed by atoms with Crippen molar-refractivity contribution in [3.05, 3.63) is 48.0 Å². The molecule has 5 nitrogen and oxygen atoms in total. The molecule has 22 heavy (non-hydrogen) atoms. The van der Waals surface area contributed by atoms with Crippen molar-refractivity contribution in [1.82, 2.24) is 20.1 Å². The van der Waals surface area contributed by atoms with Gasteiger partial charge >= 0.3 is 0 Å². The molecule has 1 heterocycles. The molecule has 1 aromatic carbocycles. The van der Waals surface area contributed by atoms with Crippen LogP contribution < -0.4 is 5.32 Å². The summed E-state index contributed by atoms with van der Waals surface area (Å²) in [7, 11) is 1.97. The van der Waals surface area contributed by atoms with Gasteiger partial charge < -0.3 is 14.6 Å². The Kier molecular flexibility index (Phi) is 5.19. The van der Waals surface area contributed by atoms with Crippen LogP contribution >= 0.6 is 0 Å². The lowest BCUT2D eigenvalue weighted by atomic mass is 9.92. The van der Waals surface area contributed by atoms with Gasteiger partial charge in [-0.1, -0.05) is 43.2 Å². The lowest BCUT2D eigenvalue weighted by molar-refractivity contribution is -0.00615. The fourth-order valence-electron chi connectivity index (χ4n) is 3.00. The van der Waals surface area contributed by atoms with E-state index in [-0.39, 0.29) is 6.10 Å². The Hall–Kier alpha value is -1.72. The second kappa shape index (κ2) is 7.51. The monoisotopic (exact) mass is 300 g/mol. The molecule has 2 aromatic rings. The molecule has 1 aliphatic rings. The topological polar surface area (TPSA) is 52.0 Å². The molecular weight excluding hydrogens is 276 g/mol. The van der Waals surface area contributed by atoms with E-state index in [0.29, 0.717) is 12.6 Å². The number of aromatic nitrogens is 3. The molecule has 0 unspecified atom stereocenters. The first-order chi connectivity index (χ1) is 10.8. The van der Waals surface area contributed by atoms with Crippen LogP contribution in [0.4, 0.5) is 0 Å². The Morgan fingerprint density at radius 1 is 1.23 bits per heavy atom. The van der Waals surface area contributed by atoms with Crippen LogP contribution in [0.3, 0.4) is 0 Å². The first-order valence-corrected chi connectivity index (χ1v) is 8.05. The average Bonchev–Trinajstić information content (AvgIpc) is 2.98. The van der Waals surface area contributed by atoms with Crippen molar-refractivity contribution < 1.29 is 4.74 Å². The third kappa shape index (κ3) is 3.93. The van der Waals surface area contributed by atoms with Crippen LogP contribution in [0, 0.1) is 0 Å². The summed E-state index contributed by atoms with van der Waals surface area (Å²) >= 11 is 0. The van der Waals surface area contributed by atoms with Crippen molar-refractivity contribution in [1.29, 1.82) is 0 Å². The molecule has 1 aliphatic carbocycles. The standard InChI is InChI=1S/C17H24N4O/c1-21-13-19-20-17(21)11-18-15-9-5-6-10-16(15)22-12-14-7-3-2-4-8-14/h2-4,7-8,13,15-16,18H,5-6,9-12H2,1H3/t15-,16-/m1/s1. The molecule has 0 bridgehead atoms. The van der Waals surface area contributed by atoms with Crippen LogP contribution in [-0.2, 0) is 24.9 Å². The Morgan fingerprint density at radius 3 is 2.82 bits per heavy atom. The lowest BCUT2D eigenvalue weighted by Gasteiger charge is -2.32. The van der Waals surface area contributed by atoms with Crippen LogP contribution in [-0.4, -0.2) is 26.9 Å². The number of benzene rings is 1. The summed E-state index contributed by atoms with van der Waals surface area (Å²) in [6, 6.07) is 10.8. The highest BCUT2D eigenvalue weighted by Gasteiger charge is 2.25. The molecule has 0 saturated heterocycles. The van der Waals surface area contributed by atoms with Gasteiger partial charge in [0.25, 0.3) is 0 Å². The van der Waals surface area contributed by atoms with Crippen LogP contribution in [0.1, 0.15) is 37.1 Å². The molecule has 1 aromatic heterocycles. The molecule has 1 saturated carbocycles. The van der Waals surface area contributed by atoms with Gasteiger partial charge in [-0.3, -0.25) is 0 Å². The van der Waals surface area contributed by atoms with Crippen molar-refractivity contribution in [2.75, 3.05) is 0 Å². The SMILES string of the molecule is Cn1cnnc1CN[C@@H]1CCCC[C@H]1OCc1ccccc1. The highest BCUT2D eigenvalue weighted by Crippen LogP contribution is 2.22. The number of hydrogen-bond acceptors (Lipinski definition) is 4. The molecule has 3 rings (SSSR count). The van der Waals surface area contributed by atoms with E-state index in [1.165, 1.54) is 18.4 Å². The quantitative estimate of drug-likeness (QED) is 0.890. The van der Waals surface area contributed by atoms with Gasteiger partial charge in [0.15, 0.2) is 0 Å². The second-order valence-corrected chi connectivity index (χ2v) is 5.96. The summed E-state index contributed by atoms with van der Waals surface area (Å²) in [5, 5.41) is 11.7. The zero-order chi connectivity index (χ0) is 15.2. The number of aryl methyl sites for hydroxylation is 1. The first kappa shape index (κ1) is 15.2. The molecule has 0 radical (unpaired) electrons. The Bertz CT molecular complexity index is 569. The maximum atomic E-state index is 6.18. The molecule has 5 heteroatoms. The van der Waals surface area contributed by atoms with E-state index in [2.05, 4.69) is 39.8 Å². The number of rotatable bonds is 6. The number of ether oxygens (including phenoxy) is 1. The van der Waals surface area contributed by atoms with Crippen LogP contribution in [0.5, 0.6) is 0 Å². The minimum Gasteiger partial charge on any atom is -0.372 e. The number of hydrogen-bond donors (Lipinski definition) is 1. The van der Waals surface area contributed by atoms with E-state index in [0.717, 1.165) is 25.2 Å². The number of nitrogens with one attached hydrogen (secondary N) is 1. The van der Waals surface area contributed by atoms with Crippen molar-refractivity contribution in [2.24, 2.45) is 7.05 Å². The maximum Gasteiger partial charge on any atom is 0.146 e. The minimum atomic E-state index is 0.280. The van der Waals surface area contributed by atoms with Crippen molar-refractivity contribution >= 4 is 0 Å². The van der Waals surface area contributed by atoms with Crippen molar-refractivity contribution in [3.8, 4) is 0 Å². The molecular formula is C17H24N4O. The third-order valence-electron chi connectivity index (χ3n) is 4.34. The fourth-order valence-corrected chi connectivity index (χ4v) is 3.00. The minimum absolute atomic E-state index is 0.280. The summed E-state index contributed by atoms with van der Waals surface area (Å²) in [5.74, 6) is 0.965.